The molecule has 10 heteroatoms. The summed E-state index contributed by atoms with van der Waals surface area (Å²) < 4.78 is 42.6. The largest absolute Gasteiger partial charge is 0.416 e. The highest BCUT2D eigenvalue weighted by atomic mass is 19.4. The van der Waals surface area contributed by atoms with Crippen molar-refractivity contribution >= 4 is 11.9 Å². The van der Waals surface area contributed by atoms with Crippen molar-refractivity contribution in [3.63, 3.8) is 0 Å². The van der Waals surface area contributed by atoms with E-state index in [2.05, 4.69) is 10.3 Å². The second-order valence-corrected chi connectivity index (χ2v) is 6.07. The van der Waals surface area contributed by atoms with Crippen LogP contribution in [-0.4, -0.2) is 91.0 Å². The summed E-state index contributed by atoms with van der Waals surface area (Å²) in [5.41, 5.74) is 0. The zero-order valence-electron chi connectivity index (χ0n) is 14.3. The fourth-order valence-corrected chi connectivity index (χ4v) is 2.82. The number of rotatable bonds is 4. The van der Waals surface area contributed by atoms with Crippen LogP contribution in [0.5, 0.6) is 0 Å². The van der Waals surface area contributed by atoms with Gasteiger partial charge in [-0.1, -0.05) is 0 Å². The van der Waals surface area contributed by atoms with E-state index in [1.165, 1.54) is 0 Å². The molecule has 2 atom stereocenters. The monoisotopic (exact) mass is 366 g/mol. The van der Waals surface area contributed by atoms with E-state index in [1.807, 2.05) is 6.92 Å². The highest BCUT2D eigenvalue weighted by molar-refractivity contribution is 5.82. The molecule has 2 heterocycles. The molecule has 2 aliphatic heterocycles. The van der Waals surface area contributed by atoms with E-state index >= 15 is 0 Å². The summed E-state index contributed by atoms with van der Waals surface area (Å²) in [5.74, 6) is 0.293. The molecule has 0 saturated carbocycles. The van der Waals surface area contributed by atoms with Crippen LogP contribution in [0.4, 0.5) is 13.2 Å². The Labute approximate surface area is 144 Å². The molecular formula is C15H25F3N4O3. The van der Waals surface area contributed by atoms with Gasteiger partial charge in [-0.3, -0.25) is 9.79 Å². The molecular weight excluding hydrogens is 341 g/mol. The first-order chi connectivity index (χ1) is 11.8. The number of aliphatic imine (C=N–C) groups is 1. The van der Waals surface area contributed by atoms with Gasteiger partial charge in [0.1, 0.15) is 6.10 Å². The number of amides is 1. The number of carbonyl (C=O) groups is 1. The number of guanidine groups is 1. The predicted molar refractivity (Wildman–Crippen MR) is 85.2 cm³/mol. The Morgan fingerprint density at radius 3 is 2.48 bits per heavy atom. The third-order valence-corrected chi connectivity index (χ3v) is 4.22. The lowest BCUT2D eigenvalue weighted by Crippen LogP contribution is -2.55. The predicted octanol–water partition coefficient (Wildman–Crippen LogP) is 0.198. The fraction of sp³-hybridized carbons (Fsp3) is 0.867. The van der Waals surface area contributed by atoms with Crippen LogP contribution in [0.15, 0.2) is 4.99 Å². The van der Waals surface area contributed by atoms with Gasteiger partial charge in [0.05, 0.1) is 6.54 Å². The Hall–Kier alpha value is -1.55. The number of nitrogens with one attached hydrogen (secondary N) is 1. The Bertz CT molecular complexity index is 473. The van der Waals surface area contributed by atoms with Crippen molar-refractivity contribution < 1.29 is 27.8 Å². The second-order valence-electron chi connectivity index (χ2n) is 6.07. The number of piperazine rings is 1. The van der Waals surface area contributed by atoms with Gasteiger partial charge in [-0.05, 0) is 19.8 Å². The van der Waals surface area contributed by atoms with Crippen molar-refractivity contribution in [2.24, 2.45) is 4.99 Å². The van der Waals surface area contributed by atoms with Gasteiger partial charge in [-0.2, -0.15) is 13.2 Å². The smallest absolute Gasteiger partial charge is 0.382 e. The molecule has 0 aromatic heterocycles. The van der Waals surface area contributed by atoms with E-state index in [4.69, 9.17) is 9.84 Å². The van der Waals surface area contributed by atoms with E-state index in [0.717, 1.165) is 12.8 Å². The van der Waals surface area contributed by atoms with Gasteiger partial charge in [0, 0.05) is 39.3 Å². The van der Waals surface area contributed by atoms with Crippen LogP contribution in [0.3, 0.4) is 0 Å². The molecule has 0 aromatic carbocycles. The normalized spacial score (nSPS) is 23.7. The van der Waals surface area contributed by atoms with Gasteiger partial charge in [-0.15, -0.1) is 0 Å². The first-order valence-electron chi connectivity index (χ1n) is 8.51. The number of alkyl halides is 3. The summed E-state index contributed by atoms with van der Waals surface area (Å²) in [5, 5.41) is 12.0. The van der Waals surface area contributed by atoms with Crippen LogP contribution in [0.2, 0.25) is 0 Å². The number of hydrogen-bond donors (Lipinski definition) is 2. The molecule has 2 N–H and O–H groups in total. The molecule has 0 aromatic rings. The van der Waals surface area contributed by atoms with Gasteiger partial charge < -0.3 is 25.0 Å². The standard InChI is InChI=1S/C15H25F3N4O3/c1-2-19-14(20-10-12(23)15(16,17)18)22-7-5-21(6-8-22)13(24)11-4-3-9-25-11/h11-12,23H,2-10H2,1H3,(H,19,20). The molecule has 0 radical (unpaired) electrons. The van der Waals surface area contributed by atoms with Gasteiger partial charge in [0.25, 0.3) is 5.91 Å². The molecule has 0 aliphatic carbocycles. The maximum absolute atomic E-state index is 12.4. The van der Waals surface area contributed by atoms with Crippen LogP contribution in [0, 0.1) is 0 Å². The van der Waals surface area contributed by atoms with Crippen LogP contribution in [0.1, 0.15) is 19.8 Å². The summed E-state index contributed by atoms with van der Waals surface area (Å²) in [4.78, 5) is 19.7. The van der Waals surface area contributed by atoms with Crippen LogP contribution >= 0.6 is 0 Å². The van der Waals surface area contributed by atoms with Crippen LogP contribution < -0.4 is 5.32 Å². The number of aliphatic hydroxyl groups excluding tert-OH is 1. The maximum atomic E-state index is 12.4. The van der Waals surface area contributed by atoms with Gasteiger partial charge in [0.15, 0.2) is 12.1 Å². The zero-order chi connectivity index (χ0) is 18.4. The van der Waals surface area contributed by atoms with E-state index in [1.54, 1.807) is 9.80 Å². The van der Waals surface area contributed by atoms with Crippen LogP contribution in [-0.2, 0) is 9.53 Å². The second kappa shape index (κ2) is 8.70. The molecule has 2 fully saturated rings. The van der Waals surface area contributed by atoms with Crippen molar-refractivity contribution in [1.29, 1.82) is 0 Å². The van der Waals surface area contributed by atoms with Crippen molar-refractivity contribution in [1.82, 2.24) is 15.1 Å². The minimum Gasteiger partial charge on any atom is -0.382 e. The van der Waals surface area contributed by atoms with E-state index in [-0.39, 0.29) is 12.0 Å². The first-order valence-corrected chi connectivity index (χ1v) is 8.51. The minimum atomic E-state index is -4.69. The summed E-state index contributed by atoms with van der Waals surface area (Å²) >= 11 is 0. The van der Waals surface area contributed by atoms with Crippen LogP contribution in [0.25, 0.3) is 0 Å². The molecule has 144 valence electrons. The van der Waals surface area contributed by atoms with E-state index < -0.39 is 18.8 Å². The number of ether oxygens (including phenoxy) is 1. The first kappa shape index (κ1) is 19.8. The highest BCUT2D eigenvalue weighted by Crippen LogP contribution is 2.20. The average molecular weight is 366 g/mol. The highest BCUT2D eigenvalue weighted by Gasteiger charge is 2.38. The Balaban J connectivity index is 1.89. The topological polar surface area (TPSA) is 77.4 Å². The van der Waals surface area contributed by atoms with E-state index in [0.29, 0.717) is 45.3 Å². The minimum absolute atomic E-state index is 0.0217. The van der Waals surface area contributed by atoms with Gasteiger partial charge in [-0.25, -0.2) is 0 Å². The lowest BCUT2D eigenvalue weighted by molar-refractivity contribution is -0.199. The molecule has 2 saturated heterocycles. The maximum Gasteiger partial charge on any atom is 0.416 e. The summed E-state index contributed by atoms with van der Waals surface area (Å²) in [6, 6.07) is 0. The Morgan fingerprint density at radius 2 is 1.96 bits per heavy atom. The molecule has 2 rings (SSSR count). The molecule has 0 bridgehead atoms. The lowest BCUT2D eigenvalue weighted by Gasteiger charge is -2.37. The Kier molecular flexibility index (Phi) is 6.88. The lowest BCUT2D eigenvalue weighted by atomic mass is 10.2. The summed E-state index contributed by atoms with van der Waals surface area (Å²) in [6.07, 6.45) is -5.92. The Morgan fingerprint density at radius 1 is 1.32 bits per heavy atom. The average Bonchev–Trinajstić information content (AvgIpc) is 3.11. The third kappa shape index (κ3) is 5.46. The molecule has 25 heavy (non-hydrogen) atoms. The van der Waals surface area contributed by atoms with Crippen molar-refractivity contribution in [2.75, 3.05) is 45.9 Å². The molecule has 0 spiro atoms. The number of aliphatic hydroxyl groups is 1. The van der Waals surface area contributed by atoms with Crippen molar-refractivity contribution in [3.05, 3.63) is 0 Å². The quantitative estimate of drug-likeness (QED) is 0.549. The molecule has 2 unspecified atom stereocenters. The number of carbonyl (C=O) groups excluding carboxylic acids is 1. The summed E-state index contributed by atoms with van der Waals surface area (Å²) in [7, 11) is 0. The third-order valence-electron chi connectivity index (χ3n) is 4.22. The fourth-order valence-electron chi connectivity index (χ4n) is 2.82. The van der Waals surface area contributed by atoms with Gasteiger partial charge in [0.2, 0.25) is 0 Å². The van der Waals surface area contributed by atoms with Crippen molar-refractivity contribution in [3.8, 4) is 0 Å². The number of nitrogens with zero attached hydrogens (tertiary/aromatic N) is 3. The van der Waals surface area contributed by atoms with Crippen molar-refractivity contribution in [2.45, 2.75) is 38.1 Å². The van der Waals surface area contributed by atoms with E-state index in [9.17, 15) is 18.0 Å². The molecule has 2 aliphatic rings. The SMILES string of the molecule is CCNC(=NCC(O)C(F)(F)F)N1CCN(C(=O)C2CCCO2)CC1. The zero-order valence-corrected chi connectivity index (χ0v) is 14.3. The number of halogens is 3. The van der Waals surface area contributed by atoms with Gasteiger partial charge >= 0.3 is 6.18 Å². The molecule has 7 nitrogen and oxygen atoms in total. The number of hydrogen-bond acceptors (Lipinski definition) is 4. The molecule has 1 amide bonds. The summed E-state index contributed by atoms with van der Waals surface area (Å²) in [6.45, 7) is 4.02.